The van der Waals surface area contributed by atoms with E-state index in [9.17, 15) is 4.79 Å². The second-order valence-corrected chi connectivity index (χ2v) is 5.61. The molecule has 0 saturated carbocycles. The Hall–Kier alpha value is -3.61. The Kier molecular flexibility index (Phi) is 5.51. The molecule has 27 heavy (non-hydrogen) atoms. The van der Waals surface area contributed by atoms with Gasteiger partial charge < -0.3 is 20.1 Å². The molecule has 3 aromatic rings. The number of anilines is 3. The molecular formula is C20H20N4O3. The van der Waals surface area contributed by atoms with Crippen molar-refractivity contribution in [2.75, 3.05) is 31.9 Å². The lowest BCUT2D eigenvalue weighted by Gasteiger charge is -2.12. The van der Waals surface area contributed by atoms with Crippen LogP contribution in [-0.2, 0) is 4.74 Å². The average Bonchev–Trinajstić information content (AvgIpc) is 2.73. The van der Waals surface area contributed by atoms with Gasteiger partial charge in [-0.3, -0.25) is 0 Å². The summed E-state index contributed by atoms with van der Waals surface area (Å²) < 4.78 is 10.1. The molecule has 0 atom stereocenters. The number of nitrogens with one attached hydrogen (secondary N) is 2. The number of carbonyl (C=O) groups excluding carboxylic acids is 1. The third-order valence-corrected chi connectivity index (χ3v) is 3.90. The number of hydrogen-bond acceptors (Lipinski definition) is 7. The van der Waals surface area contributed by atoms with Crippen LogP contribution in [0.3, 0.4) is 0 Å². The number of nitrogens with zero attached hydrogens (tertiary/aromatic N) is 2. The summed E-state index contributed by atoms with van der Waals surface area (Å²) in [7, 11) is 4.60. The first kappa shape index (κ1) is 18.2. The van der Waals surface area contributed by atoms with E-state index in [0.717, 1.165) is 16.9 Å². The Balaban J connectivity index is 1.94. The van der Waals surface area contributed by atoms with Crippen molar-refractivity contribution >= 4 is 23.4 Å². The highest BCUT2D eigenvalue weighted by molar-refractivity contribution is 5.93. The first-order valence-electron chi connectivity index (χ1n) is 8.30. The van der Waals surface area contributed by atoms with Crippen molar-refractivity contribution in [2.45, 2.75) is 0 Å². The Morgan fingerprint density at radius 2 is 1.78 bits per heavy atom. The molecule has 0 aliphatic carbocycles. The van der Waals surface area contributed by atoms with Gasteiger partial charge in [0.05, 0.1) is 19.9 Å². The van der Waals surface area contributed by atoms with Crippen molar-refractivity contribution in [2.24, 2.45) is 0 Å². The van der Waals surface area contributed by atoms with Crippen LogP contribution in [0.4, 0.5) is 17.5 Å². The fourth-order valence-electron chi connectivity index (χ4n) is 2.58. The maximum atomic E-state index is 11.8. The van der Waals surface area contributed by atoms with Gasteiger partial charge in [-0.1, -0.05) is 30.3 Å². The number of aromatic nitrogens is 2. The average molecular weight is 364 g/mol. The number of rotatable bonds is 6. The summed E-state index contributed by atoms with van der Waals surface area (Å²) in [6.07, 6.45) is 0. The van der Waals surface area contributed by atoms with Gasteiger partial charge in [0.15, 0.2) is 0 Å². The smallest absolute Gasteiger partial charge is 0.341 e. The number of hydrogen-bond donors (Lipinski definition) is 2. The summed E-state index contributed by atoms with van der Waals surface area (Å²) in [5.74, 6) is 1.07. The van der Waals surface area contributed by atoms with Crippen molar-refractivity contribution in [3.63, 3.8) is 0 Å². The Morgan fingerprint density at radius 3 is 2.44 bits per heavy atom. The predicted octanol–water partition coefficient (Wildman–Crippen LogP) is 3.72. The molecule has 7 heteroatoms. The molecule has 0 aliphatic heterocycles. The van der Waals surface area contributed by atoms with E-state index in [0.29, 0.717) is 23.1 Å². The zero-order valence-electron chi connectivity index (χ0n) is 15.3. The minimum atomic E-state index is -0.454. The first-order valence-corrected chi connectivity index (χ1v) is 8.30. The molecule has 0 radical (unpaired) electrons. The van der Waals surface area contributed by atoms with E-state index in [1.807, 2.05) is 36.4 Å². The van der Waals surface area contributed by atoms with Crippen molar-refractivity contribution in [1.29, 1.82) is 0 Å². The molecule has 0 aliphatic rings. The monoisotopic (exact) mass is 364 g/mol. The Labute approximate surface area is 157 Å². The first-order chi connectivity index (χ1) is 13.1. The van der Waals surface area contributed by atoms with Crippen LogP contribution in [0.5, 0.6) is 5.75 Å². The van der Waals surface area contributed by atoms with Crippen LogP contribution in [-0.4, -0.2) is 37.2 Å². The maximum absolute atomic E-state index is 11.8. The lowest BCUT2D eigenvalue weighted by molar-refractivity contribution is 0.0597. The van der Waals surface area contributed by atoms with E-state index in [1.165, 1.54) is 14.2 Å². The van der Waals surface area contributed by atoms with Crippen LogP contribution in [0, 0.1) is 0 Å². The second kappa shape index (κ2) is 8.18. The normalized spacial score (nSPS) is 10.2. The standard InChI is InChI=1S/C20H20N4O3/c1-21-20-23-16(13-7-5-4-6-8-13)12-18(24-20)22-14-9-10-15(19(25)27-3)17(11-14)26-2/h4-12H,1-3H3,(H2,21,22,23,24). The highest BCUT2D eigenvalue weighted by Gasteiger charge is 2.14. The fraction of sp³-hybridized carbons (Fsp3) is 0.150. The summed E-state index contributed by atoms with van der Waals surface area (Å²) in [5.41, 5.74) is 2.85. The maximum Gasteiger partial charge on any atom is 0.341 e. The summed E-state index contributed by atoms with van der Waals surface area (Å²) in [5, 5.41) is 6.19. The van der Waals surface area contributed by atoms with E-state index in [-0.39, 0.29) is 0 Å². The predicted molar refractivity (Wildman–Crippen MR) is 105 cm³/mol. The summed E-state index contributed by atoms with van der Waals surface area (Å²) in [4.78, 5) is 20.7. The molecule has 7 nitrogen and oxygen atoms in total. The number of carbonyl (C=O) groups is 1. The number of ether oxygens (including phenoxy) is 2. The SMILES string of the molecule is CNc1nc(Nc2ccc(C(=O)OC)c(OC)c2)cc(-c2ccccc2)n1. The quantitative estimate of drug-likeness (QED) is 0.645. The van der Waals surface area contributed by atoms with Crippen molar-refractivity contribution in [3.8, 4) is 17.0 Å². The van der Waals surface area contributed by atoms with E-state index >= 15 is 0 Å². The van der Waals surface area contributed by atoms with Gasteiger partial charge in [0.2, 0.25) is 5.95 Å². The van der Waals surface area contributed by atoms with Gasteiger partial charge in [0.25, 0.3) is 0 Å². The van der Waals surface area contributed by atoms with E-state index in [2.05, 4.69) is 20.6 Å². The molecule has 1 heterocycles. The molecule has 1 aromatic heterocycles. The molecule has 0 bridgehead atoms. The van der Waals surface area contributed by atoms with Gasteiger partial charge >= 0.3 is 5.97 Å². The topological polar surface area (TPSA) is 85.4 Å². The molecule has 0 spiro atoms. The van der Waals surface area contributed by atoms with Crippen LogP contribution in [0.1, 0.15) is 10.4 Å². The molecule has 0 fully saturated rings. The Morgan fingerprint density at radius 1 is 1.00 bits per heavy atom. The molecular weight excluding hydrogens is 344 g/mol. The minimum absolute atomic E-state index is 0.356. The molecule has 2 aromatic carbocycles. The molecule has 2 N–H and O–H groups in total. The lowest BCUT2D eigenvalue weighted by atomic mass is 10.1. The summed E-state index contributed by atoms with van der Waals surface area (Å²) in [6, 6.07) is 16.8. The molecule has 138 valence electrons. The molecule has 3 rings (SSSR count). The van der Waals surface area contributed by atoms with Gasteiger partial charge in [0, 0.05) is 30.4 Å². The van der Waals surface area contributed by atoms with Crippen LogP contribution in [0.25, 0.3) is 11.3 Å². The largest absolute Gasteiger partial charge is 0.496 e. The van der Waals surface area contributed by atoms with E-state index in [4.69, 9.17) is 9.47 Å². The van der Waals surface area contributed by atoms with Crippen molar-refractivity contribution in [3.05, 3.63) is 60.2 Å². The molecule has 0 amide bonds. The highest BCUT2D eigenvalue weighted by Crippen LogP contribution is 2.27. The highest BCUT2D eigenvalue weighted by atomic mass is 16.5. The zero-order chi connectivity index (χ0) is 19.2. The van der Waals surface area contributed by atoms with E-state index < -0.39 is 5.97 Å². The number of esters is 1. The fourth-order valence-corrected chi connectivity index (χ4v) is 2.58. The third-order valence-electron chi connectivity index (χ3n) is 3.90. The van der Waals surface area contributed by atoms with Crippen LogP contribution < -0.4 is 15.4 Å². The Bertz CT molecular complexity index is 945. The zero-order valence-corrected chi connectivity index (χ0v) is 15.3. The summed E-state index contributed by atoms with van der Waals surface area (Å²) >= 11 is 0. The van der Waals surface area contributed by atoms with Crippen LogP contribution in [0.15, 0.2) is 54.6 Å². The van der Waals surface area contributed by atoms with E-state index in [1.54, 1.807) is 25.2 Å². The third kappa shape index (κ3) is 4.14. The second-order valence-electron chi connectivity index (χ2n) is 5.61. The van der Waals surface area contributed by atoms with Crippen molar-refractivity contribution < 1.29 is 14.3 Å². The molecule has 0 unspecified atom stereocenters. The lowest BCUT2D eigenvalue weighted by Crippen LogP contribution is -2.05. The number of methoxy groups -OCH3 is 2. The van der Waals surface area contributed by atoms with Crippen molar-refractivity contribution in [1.82, 2.24) is 9.97 Å². The number of benzene rings is 2. The molecule has 0 saturated heterocycles. The van der Waals surface area contributed by atoms with Gasteiger partial charge in [-0.25, -0.2) is 9.78 Å². The van der Waals surface area contributed by atoms with Gasteiger partial charge in [-0.2, -0.15) is 4.98 Å². The minimum Gasteiger partial charge on any atom is -0.496 e. The van der Waals surface area contributed by atoms with Gasteiger partial charge in [0.1, 0.15) is 17.1 Å². The summed E-state index contributed by atoms with van der Waals surface area (Å²) in [6.45, 7) is 0. The van der Waals surface area contributed by atoms with Crippen LogP contribution in [0.2, 0.25) is 0 Å². The van der Waals surface area contributed by atoms with Gasteiger partial charge in [-0.15, -0.1) is 0 Å². The van der Waals surface area contributed by atoms with Gasteiger partial charge in [-0.05, 0) is 12.1 Å². The van der Waals surface area contributed by atoms with Crippen LogP contribution >= 0.6 is 0 Å².